The number of nitrogens with zero attached hydrogens (tertiary/aromatic N) is 2. The molecule has 1 aromatic heterocycles. The summed E-state index contributed by atoms with van der Waals surface area (Å²) < 4.78 is 5.05. The van der Waals surface area contributed by atoms with Gasteiger partial charge < -0.3 is 9.64 Å². The number of pyridine rings is 1. The largest absolute Gasteiger partial charge is 0.454 e. The Bertz CT molecular complexity index is 476. The van der Waals surface area contributed by atoms with E-state index in [1.54, 1.807) is 58.1 Å². The maximum atomic E-state index is 12.0. The third-order valence-electron chi connectivity index (χ3n) is 2.60. The van der Waals surface area contributed by atoms with Crippen molar-refractivity contribution in [2.75, 3.05) is 25.6 Å². The van der Waals surface area contributed by atoms with E-state index in [-0.39, 0.29) is 12.4 Å². The third-order valence-corrected chi connectivity index (χ3v) is 2.60. The Morgan fingerprint density at radius 2 is 1.95 bits per heavy atom. The molecule has 19 heavy (non-hydrogen) atoms. The fourth-order valence-corrected chi connectivity index (χ4v) is 1.34. The molecule has 0 saturated heterocycles. The van der Waals surface area contributed by atoms with Gasteiger partial charge in [-0.05, 0) is 12.1 Å². The summed E-state index contributed by atoms with van der Waals surface area (Å²) in [7, 11) is 3.58. The Hall–Kier alpha value is -1.91. The van der Waals surface area contributed by atoms with Gasteiger partial charge in [0.1, 0.15) is 11.4 Å². The Morgan fingerprint density at radius 3 is 2.47 bits per heavy atom. The first-order valence-corrected chi connectivity index (χ1v) is 6.06. The van der Waals surface area contributed by atoms with E-state index in [9.17, 15) is 9.59 Å². The van der Waals surface area contributed by atoms with Gasteiger partial charge in [0.25, 0.3) is 0 Å². The van der Waals surface area contributed by atoms with E-state index in [2.05, 4.69) is 4.98 Å². The van der Waals surface area contributed by atoms with Crippen molar-refractivity contribution < 1.29 is 14.3 Å². The lowest BCUT2D eigenvalue weighted by molar-refractivity contribution is -0.129. The predicted octanol–water partition coefficient (Wildman–Crippen LogP) is 1.92. The highest BCUT2D eigenvalue weighted by Crippen LogP contribution is 2.17. The normalized spacial score (nSPS) is 11.0. The van der Waals surface area contributed by atoms with Crippen molar-refractivity contribution in [1.82, 2.24) is 4.98 Å². The van der Waals surface area contributed by atoms with Crippen LogP contribution in [-0.4, -0.2) is 37.4 Å². The highest BCUT2D eigenvalue weighted by Gasteiger charge is 2.23. The minimum absolute atomic E-state index is 0.115. The summed E-state index contributed by atoms with van der Waals surface area (Å²) >= 11 is 0. The standard InChI is InChI=1S/C14H20N2O3/c1-14(2,3)11(17)9-19-13(18)10-7-6-8-15-12(10)16(4)5/h6-8H,9H2,1-5H3. The Labute approximate surface area is 113 Å². The molecule has 0 aliphatic heterocycles. The van der Waals surface area contributed by atoms with Gasteiger partial charge in [-0.1, -0.05) is 20.8 Å². The first-order chi connectivity index (χ1) is 8.73. The number of carbonyl (C=O) groups is 2. The molecule has 0 saturated carbocycles. The van der Waals surface area contributed by atoms with E-state index in [1.807, 2.05) is 0 Å². The number of Topliss-reactive ketones (excluding diaryl/α,β-unsaturated/α-hetero) is 1. The van der Waals surface area contributed by atoms with Gasteiger partial charge in [0.15, 0.2) is 12.4 Å². The molecule has 5 nitrogen and oxygen atoms in total. The second kappa shape index (κ2) is 5.82. The fourth-order valence-electron chi connectivity index (χ4n) is 1.34. The van der Waals surface area contributed by atoms with E-state index in [1.165, 1.54) is 0 Å². The summed E-state index contributed by atoms with van der Waals surface area (Å²) in [5.74, 6) is -0.124. The number of esters is 1. The lowest BCUT2D eigenvalue weighted by Crippen LogP contribution is -2.27. The van der Waals surface area contributed by atoms with Crippen LogP contribution in [0.25, 0.3) is 0 Å². The van der Waals surface area contributed by atoms with Gasteiger partial charge >= 0.3 is 5.97 Å². The van der Waals surface area contributed by atoms with E-state index in [0.717, 1.165) is 0 Å². The van der Waals surface area contributed by atoms with Crippen molar-refractivity contribution in [3.05, 3.63) is 23.9 Å². The predicted molar refractivity (Wildman–Crippen MR) is 73.3 cm³/mol. The van der Waals surface area contributed by atoms with Crippen LogP contribution in [0.2, 0.25) is 0 Å². The van der Waals surface area contributed by atoms with Gasteiger partial charge in [0, 0.05) is 25.7 Å². The molecule has 0 N–H and O–H groups in total. The Balaban J connectivity index is 2.77. The maximum absolute atomic E-state index is 12.0. The van der Waals surface area contributed by atoms with Crippen LogP contribution in [0.5, 0.6) is 0 Å². The number of aromatic nitrogens is 1. The number of anilines is 1. The summed E-state index contributed by atoms with van der Waals surface area (Å²) in [6.45, 7) is 5.15. The molecule has 0 spiro atoms. The second-order valence-electron chi connectivity index (χ2n) is 5.52. The van der Waals surface area contributed by atoms with Crippen LogP contribution in [0.15, 0.2) is 18.3 Å². The zero-order chi connectivity index (χ0) is 14.6. The molecule has 0 aromatic carbocycles. The highest BCUT2D eigenvalue weighted by molar-refractivity contribution is 5.96. The van der Waals surface area contributed by atoms with E-state index < -0.39 is 11.4 Å². The van der Waals surface area contributed by atoms with Crippen LogP contribution in [0.4, 0.5) is 5.82 Å². The molecule has 1 aromatic rings. The SMILES string of the molecule is CN(C)c1ncccc1C(=O)OCC(=O)C(C)(C)C. The lowest BCUT2D eigenvalue weighted by atomic mass is 9.91. The number of hydrogen-bond donors (Lipinski definition) is 0. The fraction of sp³-hybridized carbons (Fsp3) is 0.500. The van der Waals surface area contributed by atoms with Gasteiger partial charge in [-0.3, -0.25) is 4.79 Å². The number of ketones is 1. The Morgan fingerprint density at radius 1 is 1.32 bits per heavy atom. The van der Waals surface area contributed by atoms with Crippen molar-refractivity contribution in [3.63, 3.8) is 0 Å². The number of ether oxygens (including phenoxy) is 1. The van der Waals surface area contributed by atoms with E-state index >= 15 is 0 Å². The van der Waals surface area contributed by atoms with Crippen molar-refractivity contribution in [2.24, 2.45) is 5.41 Å². The molecule has 5 heteroatoms. The summed E-state index contributed by atoms with van der Waals surface area (Å²) in [6, 6.07) is 3.29. The quantitative estimate of drug-likeness (QED) is 0.778. The molecular weight excluding hydrogens is 244 g/mol. The maximum Gasteiger partial charge on any atom is 0.342 e. The Kier molecular flexibility index (Phi) is 4.64. The lowest BCUT2D eigenvalue weighted by Gasteiger charge is -2.17. The minimum Gasteiger partial charge on any atom is -0.454 e. The number of carbonyl (C=O) groups excluding carboxylic acids is 2. The monoisotopic (exact) mass is 264 g/mol. The van der Waals surface area contributed by atoms with Gasteiger partial charge in [0.2, 0.25) is 0 Å². The topological polar surface area (TPSA) is 59.5 Å². The van der Waals surface area contributed by atoms with E-state index in [0.29, 0.717) is 11.4 Å². The third kappa shape index (κ3) is 4.05. The van der Waals surface area contributed by atoms with Gasteiger partial charge in [0.05, 0.1) is 0 Å². The molecule has 0 amide bonds. The molecule has 104 valence electrons. The number of rotatable bonds is 4. The molecular formula is C14H20N2O3. The molecule has 0 atom stereocenters. The van der Waals surface area contributed by atoms with Crippen molar-refractivity contribution >= 4 is 17.6 Å². The summed E-state index contributed by atoms with van der Waals surface area (Å²) in [5, 5.41) is 0. The van der Waals surface area contributed by atoms with Gasteiger partial charge in [-0.25, -0.2) is 9.78 Å². The zero-order valence-electron chi connectivity index (χ0n) is 12.1. The summed E-state index contributed by atoms with van der Waals surface area (Å²) in [4.78, 5) is 29.5. The van der Waals surface area contributed by atoms with Gasteiger partial charge in [-0.15, -0.1) is 0 Å². The van der Waals surface area contributed by atoms with Crippen LogP contribution in [0.1, 0.15) is 31.1 Å². The summed E-state index contributed by atoms with van der Waals surface area (Å²) in [6.07, 6.45) is 1.60. The molecule has 1 heterocycles. The average Bonchev–Trinajstić information content (AvgIpc) is 2.34. The van der Waals surface area contributed by atoms with Crippen LogP contribution < -0.4 is 4.90 Å². The minimum atomic E-state index is -0.533. The van der Waals surface area contributed by atoms with Crippen LogP contribution >= 0.6 is 0 Å². The van der Waals surface area contributed by atoms with E-state index in [4.69, 9.17) is 4.74 Å². The molecule has 0 aliphatic rings. The molecule has 0 unspecified atom stereocenters. The van der Waals surface area contributed by atoms with Crippen LogP contribution in [-0.2, 0) is 9.53 Å². The van der Waals surface area contributed by atoms with Crippen LogP contribution in [0.3, 0.4) is 0 Å². The van der Waals surface area contributed by atoms with Crippen molar-refractivity contribution in [1.29, 1.82) is 0 Å². The molecule has 0 aliphatic carbocycles. The smallest absolute Gasteiger partial charge is 0.342 e. The van der Waals surface area contributed by atoms with Crippen molar-refractivity contribution in [2.45, 2.75) is 20.8 Å². The summed E-state index contributed by atoms with van der Waals surface area (Å²) in [5.41, 5.74) is -0.159. The molecule has 0 radical (unpaired) electrons. The molecule has 1 rings (SSSR count). The average molecular weight is 264 g/mol. The van der Waals surface area contributed by atoms with Crippen LogP contribution in [0, 0.1) is 5.41 Å². The first-order valence-electron chi connectivity index (χ1n) is 6.06. The second-order valence-corrected chi connectivity index (χ2v) is 5.52. The molecule has 0 bridgehead atoms. The zero-order valence-corrected chi connectivity index (χ0v) is 12.1. The van der Waals surface area contributed by atoms with Crippen molar-refractivity contribution in [3.8, 4) is 0 Å². The highest BCUT2D eigenvalue weighted by atomic mass is 16.5. The molecule has 0 fully saturated rings. The van der Waals surface area contributed by atoms with Gasteiger partial charge in [-0.2, -0.15) is 0 Å². The number of hydrogen-bond acceptors (Lipinski definition) is 5. The first kappa shape index (κ1) is 15.1.